The lowest BCUT2D eigenvalue weighted by Gasteiger charge is -2.10. The average molecular weight is 337 g/mol. The number of halogens is 2. The fourth-order valence-electron chi connectivity index (χ4n) is 1.94. The van der Waals surface area contributed by atoms with Gasteiger partial charge in [0.1, 0.15) is 11.6 Å². The molecule has 0 saturated carbocycles. The molecule has 4 heteroatoms. The molecule has 0 fully saturated rings. The summed E-state index contributed by atoms with van der Waals surface area (Å²) in [5.41, 5.74) is 1.69. The Morgan fingerprint density at radius 2 is 2.00 bits per heavy atom. The molecule has 0 aliphatic heterocycles. The zero-order valence-electron chi connectivity index (χ0n) is 11.2. The van der Waals surface area contributed by atoms with Crippen LogP contribution >= 0.6 is 15.9 Å². The van der Waals surface area contributed by atoms with Crippen molar-refractivity contribution in [2.75, 3.05) is 6.61 Å². The maximum atomic E-state index is 13.4. The summed E-state index contributed by atoms with van der Waals surface area (Å²) < 4.78 is 19.4. The van der Waals surface area contributed by atoms with Crippen molar-refractivity contribution in [3.8, 4) is 5.75 Å². The van der Waals surface area contributed by atoms with E-state index in [1.807, 2.05) is 19.9 Å². The number of benzene rings is 2. The van der Waals surface area contributed by atoms with Gasteiger partial charge in [0.25, 0.3) is 0 Å². The molecule has 104 valence electrons. The summed E-state index contributed by atoms with van der Waals surface area (Å²) in [5, 5.41) is 0. The Morgan fingerprint density at radius 1 is 1.25 bits per heavy atom. The highest BCUT2D eigenvalue weighted by Crippen LogP contribution is 2.25. The van der Waals surface area contributed by atoms with E-state index < -0.39 is 5.82 Å². The fourth-order valence-corrected chi connectivity index (χ4v) is 2.41. The summed E-state index contributed by atoms with van der Waals surface area (Å²) in [6.07, 6.45) is 0. The van der Waals surface area contributed by atoms with Crippen LogP contribution in [-0.2, 0) is 0 Å². The van der Waals surface area contributed by atoms with Crippen LogP contribution in [0.1, 0.15) is 28.4 Å². The van der Waals surface area contributed by atoms with Crippen molar-refractivity contribution in [3.63, 3.8) is 0 Å². The number of hydrogen-bond donors (Lipinski definition) is 0. The smallest absolute Gasteiger partial charge is 0.196 e. The second-order valence-corrected chi connectivity index (χ2v) is 5.34. The number of rotatable bonds is 4. The van der Waals surface area contributed by atoms with Crippen LogP contribution in [0.25, 0.3) is 0 Å². The standard InChI is InChI=1S/C16H14BrFO2/c1-3-20-15-5-4-10(2)6-14(15)16(19)11-7-12(17)9-13(18)8-11/h4-9H,3H2,1-2H3. The third-order valence-electron chi connectivity index (χ3n) is 2.80. The summed E-state index contributed by atoms with van der Waals surface area (Å²) in [6.45, 7) is 4.22. The van der Waals surface area contributed by atoms with Crippen molar-refractivity contribution in [1.82, 2.24) is 0 Å². The van der Waals surface area contributed by atoms with Crippen LogP contribution in [0.3, 0.4) is 0 Å². The summed E-state index contributed by atoms with van der Waals surface area (Å²) in [6, 6.07) is 9.54. The maximum Gasteiger partial charge on any atom is 0.196 e. The zero-order valence-corrected chi connectivity index (χ0v) is 12.8. The van der Waals surface area contributed by atoms with Crippen molar-refractivity contribution in [1.29, 1.82) is 0 Å². The molecule has 0 unspecified atom stereocenters. The van der Waals surface area contributed by atoms with Crippen LogP contribution < -0.4 is 4.74 Å². The van der Waals surface area contributed by atoms with E-state index >= 15 is 0 Å². The Hall–Kier alpha value is -1.68. The number of hydrogen-bond acceptors (Lipinski definition) is 2. The fraction of sp³-hybridized carbons (Fsp3) is 0.188. The van der Waals surface area contributed by atoms with Gasteiger partial charge in [-0.1, -0.05) is 27.6 Å². The SMILES string of the molecule is CCOc1ccc(C)cc1C(=O)c1cc(F)cc(Br)c1. The first-order chi connectivity index (χ1) is 9.51. The minimum atomic E-state index is -0.451. The minimum Gasteiger partial charge on any atom is -0.493 e. The maximum absolute atomic E-state index is 13.4. The van der Waals surface area contributed by atoms with Gasteiger partial charge in [-0.2, -0.15) is 0 Å². The second kappa shape index (κ2) is 6.18. The van der Waals surface area contributed by atoms with Gasteiger partial charge in [-0.25, -0.2) is 4.39 Å². The molecule has 2 aromatic rings. The Balaban J connectivity index is 2.49. The van der Waals surface area contributed by atoms with Gasteiger partial charge in [0.05, 0.1) is 12.2 Å². The average Bonchev–Trinajstić information content (AvgIpc) is 2.39. The van der Waals surface area contributed by atoms with Gasteiger partial charge >= 0.3 is 0 Å². The Labute approximate surface area is 125 Å². The van der Waals surface area contributed by atoms with Crippen LogP contribution in [0.5, 0.6) is 5.75 Å². The molecule has 0 aliphatic carbocycles. The molecular weight excluding hydrogens is 323 g/mol. The van der Waals surface area contributed by atoms with Crippen LogP contribution in [0, 0.1) is 12.7 Å². The zero-order chi connectivity index (χ0) is 14.7. The van der Waals surface area contributed by atoms with Gasteiger partial charge in [-0.3, -0.25) is 4.79 Å². The normalized spacial score (nSPS) is 10.4. The lowest BCUT2D eigenvalue weighted by molar-refractivity contribution is 0.103. The largest absolute Gasteiger partial charge is 0.493 e. The first-order valence-corrected chi connectivity index (χ1v) is 7.05. The highest BCUT2D eigenvalue weighted by molar-refractivity contribution is 9.10. The Kier molecular flexibility index (Phi) is 4.55. The lowest BCUT2D eigenvalue weighted by atomic mass is 10.0. The molecule has 0 amide bonds. The molecule has 20 heavy (non-hydrogen) atoms. The quantitative estimate of drug-likeness (QED) is 0.767. The van der Waals surface area contributed by atoms with Crippen LogP contribution in [0.2, 0.25) is 0 Å². The number of carbonyl (C=O) groups excluding carboxylic acids is 1. The van der Waals surface area contributed by atoms with E-state index in [1.54, 1.807) is 18.2 Å². The molecule has 0 N–H and O–H groups in total. The Bertz CT molecular complexity index is 633. The molecule has 0 saturated heterocycles. The van der Waals surface area contributed by atoms with Crippen molar-refractivity contribution < 1.29 is 13.9 Å². The molecule has 2 rings (SSSR count). The molecule has 0 spiro atoms. The first-order valence-electron chi connectivity index (χ1n) is 6.25. The summed E-state index contributed by atoms with van der Waals surface area (Å²) >= 11 is 3.19. The molecule has 0 aliphatic rings. The topological polar surface area (TPSA) is 26.3 Å². The third-order valence-corrected chi connectivity index (χ3v) is 3.26. The summed E-state index contributed by atoms with van der Waals surface area (Å²) in [5.74, 6) is -0.186. The van der Waals surface area contributed by atoms with E-state index in [2.05, 4.69) is 15.9 Å². The number of aryl methyl sites for hydroxylation is 1. The van der Waals surface area contributed by atoms with Gasteiger partial charge in [-0.15, -0.1) is 0 Å². The first kappa shape index (κ1) is 14.7. The van der Waals surface area contributed by atoms with Crippen molar-refractivity contribution >= 4 is 21.7 Å². The molecule has 2 nitrogen and oxygen atoms in total. The van der Waals surface area contributed by atoms with Gasteiger partial charge in [0.2, 0.25) is 0 Å². The summed E-state index contributed by atoms with van der Waals surface area (Å²) in [4.78, 5) is 12.5. The van der Waals surface area contributed by atoms with Crippen LogP contribution in [0.15, 0.2) is 40.9 Å². The number of ketones is 1. The van der Waals surface area contributed by atoms with E-state index in [4.69, 9.17) is 4.74 Å². The highest BCUT2D eigenvalue weighted by atomic mass is 79.9. The van der Waals surface area contributed by atoms with Crippen molar-refractivity contribution in [2.24, 2.45) is 0 Å². The van der Waals surface area contributed by atoms with Crippen molar-refractivity contribution in [2.45, 2.75) is 13.8 Å². The molecule has 0 aromatic heterocycles. The number of carbonyl (C=O) groups is 1. The summed E-state index contributed by atoms with van der Waals surface area (Å²) in [7, 11) is 0. The third kappa shape index (κ3) is 3.25. The number of ether oxygens (including phenoxy) is 1. The molecule has 0 bridgehead atoms. The molecule has 2 aromatic carbocycles. The van der Waals surface area contributed by atoms with Gasteiger partial charge in [-0.05, 0) is 44.2 Å². The van der Waals surface area contributed by atoms with Crippen molar-refractivity contribution in [3.05, 3.63) is 63.4 Å². The predicted octanol–water partition coefficient (Wildman–Crippen LogP) is 4.53. The molecule has 0 radical (unpaired) electrons. The van der Waals surface area contributed by atoms with Gasteiger partial charge in [0.15, 0.2) is 5.78 Å². The minimum absolute atomic E-state index is 0.252. The van der Waals surface area contributed by atoms with Gasteiger partial charge in [0, 0.05) is 10.0 Å². The van der Waals surface area contributed by atoms with Crippen LogP contribution in [-0.4, -0.2) is 12.4 Å². The van der Waals surface area contributed by atoms with E-state index in [0.717, 1.165) is 5.56 Å². The molecule has 0 heterocycles. The predicted molar refractivity (Wildman–Crippen MR) is 79.9 cm³/mol. The van der Waals surface area contributed by atoms with Crippen LogP contribution in [0.4, 0.5) is 4.39 Å². The van der Waals surface area contributed by atoms with E-state index in [0.29, 0.717) is 28.0 Å². The van der Waals surface area contributed by atoms with E-state index in [9.17, 15) is 9.18 Å². The molecule has 0 atom stereocenters. The van der Waals surface area contributed by atoms with E-state index in [1.165, 1.54) is 12.1 Å². The second-order valence-electron chi connectivity index (χ2n) is 4.42. The van der Waals surface area contributed by atoms with Gasteiger partial charge < -0.3 is 4.74 Å². The monoisotopic (exact) mass is 336 g/mol. The lowest BCUT2D eigenvalue weighted by Crippen LogP contribution is -2.06. The molecular formula is C16H14BrFO2. The highest BCUT2D eigenvalue weighted by Gasteiger charge is 2.16. The van der Waals surface area contributed by atoms with E-state index in [-0.39, 0.29) is 5.78 Å². The Morgan fingerprint density at radius 3 is 2.65 bits per heavy atom.